The van der Waals surface area contributed by atoms with Crippen LogP contribution in [0.2, 0.25) is 0 Å². The van der Waals surface area contributed by atoms with Gasteiger partial charge >= 0.3 is 0 Å². The molecule has 5 heteroatoms. The fourth-order valence-electron chi connectivity index (χ4n) is 2.71. The third-order valence-electron chi connectivity index (χ3n) is 3.84. The van der Waals surface area contributed by atoms with Gasteiger partial charge in [0.05, 0.1) is 6.10 Å². The Labute approximate surface area is 124 Å². The molecule has 1 aliphatic carbocycles. The molecule has 3 unspecified atom stereocenters. The molecule has 1 aliphatic rings. The lowest BCUT2D eigenvalue weighted by molar-refractivity contribution is 0.0895. The number of aliphatic hydroxyl groups is 2. The van der Waals surface area contributed by atoms with Gasteiger partial charge in [0.2, 0.25) is 0 Å². The van der Waals surface area contributed by atoms with E-state index in [1.54, 1.807) is 18.2 Å². The lowest BCUT2D eigenvalue weighted by atomic mass is 9.87. The van der Waals surface area contributed by atoms with Crippen LogP contribution in [0.1, 0.15) is 25.7 Å². The van der Waals surface area contributed by atoms with E-state index >= 15 is 0 Å². The van der Waals surface area contributed by atoms with Crippen molar-refractivity contribution < 1.29 is 19.3 Å². The van der Waals surface area contributed by atoms with Crippen LogP contribution in [0, 0.1) is 11.7 Å². The van der Waals surface area contributed by atoms with Gasteiger partial charge in [-0.3, -0.25) is 0 Å². The molecule has 118 valence electrons. The monoisotopic (exact) mass is 297 g/mol. The second-order valence-corrected chi connectivity index (χ2v) is 5.74. The molecule has 0 heterocycles. The van der Waals surface area contributed by atoms with Gasteiger partial charge in [0.1, 0.15) is 12.7 Å². The molecule has 0 amide bonds. The number of nitrogens with one attached hydrogen (secondary N) is 1. The van der Waals surface area contributed by atoms with E-state index in [4.69, 9.17) is 4.74 Å². The zero-order chi connectivity index (χ0) is 15.1. The first kappa shape index (κ1) is 16.2. The molecule has 1 saturated carbocycles. The Balaban J connectivity index is 1.61. The van der Waals surface area contributed by atoms with Crippen LogP contribution in [0.25, 0.3) is 0 Å². The summed E-state index contributed by atoms with van der Waals surface area (Å²) in [6.07, 6.45) is 3.04. The van der Waals surface area contributed by atoms with Crippen LogP contribution >= 0.6 is 0 Å². The summed E-state index contributed by atoms with van der Waals surface area (Å²) in [6.45, 7) is 1.25. The average molecular weight is 297 g/mol. The molecular weight excluding hydrogens is 273 g/mol. The van der Waals surface area contributed by atoms with Crippen molar-refractivity contribution in [2.45, 2.75) is 37.9 Å². The molecule has 1 fully saturated rings. The maximum absolute atomic E-state index is 13.3. The van der Waals surface area contributed by atoms with E-state index in [2.05, 4.69) is 5.32 Å². The van der Waals surface area contributed by atoms with Gasteiger partial charge in [0.15, 0.2) is 11.6 Å². The Kier molecular flexibility index (Phi) is 6.42. The van der Waals surface area contributed by atoms with E-state index in [0.717, 1.165) is 32.2 Å². The van der Waals surface area contributed by atoms with E-state index < -0.39 is 11.9 Å². The van der Waals surface area contributed by atoms with E-state index in [1.165, 1.54) is 6.07 Å². The summed E-state index contributed by atoms with van der Waals surface area (Å²) in [5.74, 6) is 0.203. The Morgan fingerprint density at radius 1 is 1.33 bits per heavy atom. The normalized spacial score (nSPS) is 23.8. The average Bonchev–Trinajstić information content (AvgIpc) is 2.46. The summed E-state index contributed by atoms with van der Waals surface area (Å²) in [6, 6.07) is 6.16. The Hall–Kier alpha value is -1.17. The van der Waals surface area contributed by atoms with Gasteiger partial charge in [0.25, 0.3) is 0 Å². The first-order valence-electron chi connectivity index (χ1n) is 7.59. The maximum Gasteiger partial charge on any atom is 0.165 e. The van der Waals surface area contributed by atoms with Crippen LogP contribution in [-0.2, 0) is 0 Å². The molecule has 21 heavy (non-hydrogen) atoms. The van der Waals surface area contributed by atoms with E-state index in [-0.39, 0.29) is 18.5 Å². The number of halogens is 1. The van der Waals surface area contributed by atoms with Gasteiger partial charge in [-0.15, -0.1) is 0 Å². The smallest absolute Gasteiger partial charge is 0.165 e. The number of benzene rings is 1. The van der Waals surface area contributed by atoms with Gasteiger partial charge in [-0.1, -0.05) is 18.6 Å². The fraction of sp³-hybridized carbons (Fsp3) is 0.625. The number of ether oxygens (including phenoxy) is 1. The van der Waals surface area contributed by atoms with Crippen molar-refractivity contribution >= 4 is 0 Å². The zero-order valence-corrected chi connectivity index (χ0v) is 12.2. The van der Waals surface area contributed by atoms with Gasteiger partial charge in [-0.2, -0.15) is 0 Å². The Bertz CT molecular complexity index is 430. The summed E-state index contributed by atoms with van der Waals surface area (Å²) in [4.78, 5) is 0. The highest BCUT2D eigenvalue weighted by Gasteiger charge is 2.19. The van der Waals surface area contributed by atoms with Crippen LogP contribution < -0.4 is 10.1 Å². The molecule has 3 N–H and O–H groups in total. The van der Waals surface area contributed by atoms with Crippen molar-refractivity contribution in [3.8, 4) is 5.75 Å². The Morgan fingerprint density at radius 3 is 2.90 bits per heavy atom. The van der Waals surface area contributed by atoms with Crippen molar-refractivity contribution in [1.82, 2.24) is 5.32 Å². The summed E-state index contributed by atoms with van der Waals surface area (Å²) in [5, 5.41) is 22.6. The Morgan fingerprint density at radius 2 is 2.14 bits per heavy atom. The van der Waals surface area contributed by atoms with Crippen molar-refractivity contribution in [1.29, 1.82) is 0 Å². The molecule has 0 bridgehead atoms. The summed E-state index contributed by atoms with van der Waals surface area (Å²) < 4.78 is 18.6. The predicted octanol–water partition coefficient (Wildman–Crippen LogP) is 1.71. The number of hydrogen-bond donors (Lipinski definition) is 3. The third-order valence-corrected chi connectivity index (χ3v) is 3.84. The molecule has 3 atom stereocenters. The molecule has 0 radical (unpaired) electrons. The van der Waals surface area contributed by atoms with Crippen molar-refractivity contribution in [3.05, 3.63) is 30.1 Å². The highest BCUT2D eigenvalue weighted by Crippen LogP contribution is 2.23. The number of hydrogen-bond acceptors (Lipinski definition) is 4. The van der Waals surface area contributed by atoms with E-state index in [9.17, 15) is 14.6 Å². The molecule has 2 rings (SSSR count). The molecule has 1 aromatic rings. The molecule has 0 aliphatic heterocycles. The molecular formula is C16H24FNO3. The van der Waals surface area contributed by atoms with Crippen LogP contribution in [0.4, 0.5) is 4.39 Å². The van der Waals surface area contributed by atoms with E-state index in [0.29, 0.717) is 12.5 Å². The summed E-state index contributed by atoms with van der Waals surface area (Å²) in [5.41, 5.74) is 0. The summed E-state index contributed by atoms with van der Waals surface area (Å²) in [7, 11) is 0. The van der Waals surface area contributed by atoms with Gasteiger partial charge < -0.3 is 20.3 Å². The van der Waals surface area contributed by atoms with Crippen LogP contribution in [0.3, 0.4) is 0 Å². The van der Waals surface area contributed by atoms with Crippen LogP contribution in [-0.4, -0.2) is 42.1 Å². The fourth-order valence-corrected chi connectivity index (χ4v) is 2.71. The first-order valence-corrected chi connectivity index (χ1v) is 7.59. The van der Waals surface area contributed by atoms with Gasteiger partial charge in [0, 0.05) is 6.54 Å². The lowest BCUT2D eigenvalue weighted by Gasteiger charge is -2.26. The summed E-state index contributed by atoms with van der Waals surface area (Å²) >= 11 is 0. The standard InChI is InChI=1S/C16H24FNO3/c17-15-6-1-2-7-16(15)21-11-14(20)10-18-9-12-4-3-5-13(19)8-12/h1-2,6-7,12-14,18-20H,3-5,8-11H2. The maximum atomic E-state index is 13.3. The SMILES string of the molecule is OC(CNCC1CCCC(O)C1)COc1ccccc1F. The molecule has 1 aromatic carbocycles. The molecule has 0 saturated heterocycles. The zero-order valence-electron chi connectivity index (χ0n) is 12.2. The van der Waals surface area contributed by atoms with E-state index in [1.807, 2.05) is 0 Å². The largest absolute Gasteiger partial charge is 0.488 e. The molecule has 4 nitrogen and oxygen atoms in total. The molecule has 0 spiro atoms. The third kappa shape index (κ3) is 5.61. The predicted molar refractivity (Wildman–Crippen MR) is 78.7 cm³/mol. The van der Waals surface area contributed by atoms with Crippen molar-refractivity contribution in [3.63, 3.8) is 0 Å². The highest BCUT2D eigenvalue weighted by molar-refractivity contribution is 5.23. The second-order valence-electron chi connectivity index (χ2n) is 5.74. The van der Waals surface area contributed by atoms with Crippen LogP contribution in [0.15, 0.2) is 24.3 Å². The highest BCUT2D eigenvalue weighted by atomic mass is 19.1. The molecule has 0 aromatic heterocycles. The van der Waals surface area contributed by atoms with Crippen LogP contribution in [0.5, 0.6) is 5.75 Å². The topological polar surface area (TPSA) is 61.7 Å². The van der Waals surface area contributed by atoms with Crippen molar-refractivity contribution in [2.75, 3.05) is 19.7 Å². The minimum absolute atomic E-state index is 0.0568. The number of rotatable bonds is 7. The first-order chi connectivity index (χ1) is 10.1. The van der Waals surface area contributed by atoms with Gasteiger partial charge in [-0.25, -0.2) is 4.39 Å². The number of para-hydroxylation sites is 1. The van der Waals surface area contributed by atoms with Crippen molar-refractivity contribution in [2.24, 2.45) is 5.92 Å². The van der Waals surface area contributed by atoms with Gasteiger partial charge in [-0.05, 0) is 43.9 Å². The second kappa shape index (κ2) is 8.32. The minimum Gasteiger partial charge on any atom is -0.488 e. The quantitative estimate of drug-likeness (QED) is 0.717. The minimum atomic E-state index is -0.682. The number of aliphatic hydroxyl groups excluding tert-OH is 2. The lowest BCUT2D eigenvalue weighted by Crippen LogP contribution is -2.36.